The number of ether oxygens (including phenoxy) is 1. The minimum Gasteiger partial charge on any atom is -0.483 e. The Labute approximate surface area is 168 Å². The number of carbonyl (C=O) groups excluding carboxylic acids is 1. The highest BCUT2D eigenvalue weighted by Gasteiger charge is 2.46. The number of rotatable bonds is 3. The summed E-state index contributed by atoms with van der Waals surface area (Å²) in [6.45, 7) is 3.09. The van der Waals surface area contributed by atoms with Crippen LogP contribution < -0.4 is 4.74 Å². The first-order valence-electron chi connectivity index (χ1n) is 9.96. The highest BCUT2D eigenvalue weighted by molar-refractivity contribution is 5.78. The average molecular weight is 403 g/mol. The number of nitrogens with zero attached hydrogens (tertiary/aromatic N) is 1. The number of halogens is 3. The number of likely N-dealkylation sites (tertiary alicyclic amines) is 1. The van der Waals surface area contributed by atoms with Crippen LogP contribution in [0, 0.1) is 5.92 Å². The van der Waals surface area contributed by atoms with Crippen molar-refractivity contribution in [3.63, 3.8) is 0 Å². The van der Waals surface area contributed by atoms with E-state index < -0.39 is 11.7 Å². The maximum absolute atomic E-state index is 13.1. The Balaban J connectivity index is 1.40. The highest BCUT2D eigenvalue weighted by Crippen LogP contribution is 2.49. The zero-order valence-corrected chi connectivity index (χ0v) is 16.3. The van der Waals surface area contributed by atoms with E-state index >= 15 is 0 Å². The molecule has 0 N–H and O–H groups in total. The fourth-order valence-electron chi connectivity index (χ4n) is 4.95. The van der Waals surface area contributed by atoms with E-state index in [2.05, 4.69) is 31.2 Å². The van der Waals surface area contributed by atoms with E-state index in [1.807, 2.05) is 0 Å². The Morgan fingerprint density at radius 3 is 2.48 bits per heavy atom. The summed E-state index contributed by atoms with van der Waals surface area (Å²) in [4.78, 5) is 14.3. The molecule has 0 bridgehead atoms. The van der Waals surface area contributed by atoms with Crippen LogP contribution >= 0.6 is 0 Å². The number of fused-ring (bicyclic) bond motifs is 2. The third-order valence-electron chi connectivity index (χ3n) is 6.58. The molecule has 2 aliphatic rings. The molecule has 1 atom stereocenters. The highest BCUT2D eigenvalue weighted by atomic mass is 19.4. The van der Waals surface area contributed by atoms with Crippen molar-refractivity contribution in [3.05, 3.63) is 65.2 Å². The minimum absolute atomic E-state index is 0.0944. The predicted molar refractivity (Wildman–Crippen MR) is 104 cm³/mol. The Morgan fingerprint density at radius 2 is 1.76 bits per heavy atom. The van der Waals surface area contributed by atoms with Crippen molar-refractivity contribution < 1.29 is 22.7 Å². The number of amides is 1. The van der Waals surface area contributed by atoms with Gasteiger partial charge in [-0.3, -0.25) is 4.79 Å². The Kier molecular flexibility index (Phi) is 5.05. The minimum atomic E-state index is -4.51. The molecular formula is C23H24F3NO2. The first-order valence-corrected chi connectivity index (χ1v) is 9.96. The monoisotopic (exact) mass is 403 g/mol. The number of benzene rings is 2. The van der Waals surface area contributed by atoms with Gasteiger partial charge in [0.1, 0.15) is 5.75 Å². The van der Waals surface area contributed by atoms with Gasteiger partial charge in [0, 0.05) is 18.5 Å². The van der Waals surface area contributed by atoms with Crippen molar-refractivity contribution in [2.75, 3.05) is 19.7 Å². The summed E-state index contributed by atoms with van der Waals surface area (Å²) >= 11 is 0. The summed E-state index contributed by atoms with van der Waals surface area (Å²) in [6, 6.07) is 13.5. The van der Waals surface area contributed by atoms with E-state index in [0.29, 0.717) is 19.0 Å². The van der Waals surface area contributed by atoms with Crippen molar-refractivity contribution in [1.82, 2.24) is 4.90 Å². The van der Waals surface area contributed by atoms with Crippen LogP contribution in [-0.4, -0.2) is 30.5 Å². The van der Waals surface area contributed by atoms with Gasteiger partial charge >= 0.3 is 6.18 Å². The molecule has 1 amide bonds. The molecule has 1 aliphatic carbocycles. The number of alkyl halides is 3. The zero-order valence-electron chi connectivity index (χ0n) is 16.3. The number of para-hydroxylation sites is 1. The van der Waals surface area contributed by atoms with Crippen molar-refractivity contribution >= 4 is 5.91 Å². The van der Waals surface area contributed by atoms with Gasteiger partial charge in [-0.15, -0.1) is 0 Å². The largest absolute Gasteiger partial charge is 0.483 e. The van der Waals surface area contributed by atoms with Crippen LogP contribution in [0.1, 0.15) is 36.5 Å². The van der Waals surface area contributed by atoms with Gasteiger partial charge in [0.15, 0.2) is 6.61 Å². The molecule has 1 heterocycles. The molecule has 3 nitrogen and oxygen atoms in total. The second-order valence-electron chi connectivity index (χ2n) is 8.08. The molecule has 1 unspecified atom stereocenters. The zero-order chi connectivity index (χ0) is 20.6. The average Bonchev–Trinajstić information content (AvgIpc) is 2.98. The lowest BCUT2D eigenvalue weighted by atomic mass is 9.69. The SMILES string of the molecule is CC1Cc2ccccc2C12CCN(C(=O)COc1ccccc1C(F)(F)F)CC2. The molecule has 1 fully saturated rings. The normalized spacial score (nSPS) is 20.6. The molecule has 4 rings (SSSR count). The van der Waals surface area contributed by atoms with Gasteiger partial charge in [-0.1, -0.05) is 43.3 Å². The predicted octanol–water partition coefficient (Wildman–Crippen LogP) is 4.84. The lowest BCUT2D eigenvalue weighted by Crippen LogP contribution is -2.48. The van der Waals surface area contributed by atoms with Crippen molar-refractivity contribution in [2.24, 2.45) is 5.92 Å². The van der Waals surface area contributed by atoms with Crippen LogP contribution in [-0.2, 0) is 22.8 Å². The maximum Gasteiger partial charge on any atom is 0.419 e. The third-order valence-corrected chi connectivity index (χ3v) is 6.58. The molecule has 0 saturated carbocycles. The van der Waals surface area contributed by atoms with E-state index in [1.54, 1.807) is 4.90 Å². The molecular weight excluding hydrogens is 379 g/mol. The van der Waals surface area contributed by atoms with Gasteiger partial charge in [0.2, 0.25) is 0 Å². The Hall–Kier alpha value is -2.50. The van der Waals surface area contributed by atoms with Crippen molar-refractivity contribution in [2.45, 2.75) is 37.8 Å². The first kappa shape index (κ1) is 19.8. The molecule has 1 saturated heterocycles. The van der Waals surface area contributed by atoms with Gasteiger partial charge in [-0.2, -0.15) is 13.2 Å². The number of carbonyl (C=O) groups is 1. The Morgan fingerprint density at radius 1 is 1.10 bits per heavy atom. The van der Waals surface area contributed by atoms with Crippen LogP contribution in [0.5, 0.6) is 5.75 Å². The topological polar surface area (TPSA) is 29.5 Å². The molecule has 29 heavy (non-hydrogen) atoms. The van der Waals surface area contributed by atoms with Gasteiger partial charge in [-0.25, -0.2) is 0 Å². The molecule has 0 radical (unpaired) electrons. The number of hydrogen-bond donors (Lipinski definition) is 0. The summed E-state index contributed by atoms with van der Waals surface area (Å²) in [5, 5.41) is 0. The smallest absolute Gasteiger partial charge is 0.419 e. The van der Waals surface area contributed by atoms with E-state index in [4.69, 9.17) is 4.74 Å². The van der Waals surface area contributed by atoms with Crippen LogP contribution in [0.25, 0.3) is 0 Å². The first-order chi connectivity index (χ1) is 13.8. The van der Waals surface area contributed by atoms with Gasteiger partial charge in [0.05, 0.1) is 5.56 Å². The second kappa shape index (κ2) is 7.39. The molecule has 1 aliphatic heterocycles. The molecule has 6 heteroatoms. The molecule has 2 aromatic carbocycles. The second-order valence-corrected chi connectivity index (χ2v) is 8.08. The molecule has 0 aromatic heterocycles. The fraction of sp³-hybridized carbons (Fsp3) is 0.435. The summed E-state index contributed by atoms with van der Waals surface area (Å²) in [7, 11) is 0. The fourth-order valence-corrected chi connectivity index (χ4v) is 4.95. The summed E-state index contributed by atoms with van der Waals surface area (Å²) in [6.07, 6.45) is -1.71. The lowest BCUT2D eigenvalue weighted by molar-refractivity contribution is -0.141. The summed E-state index contributed by atoms with van der Waals surface area (Å²) in [5.74, 6) is -0.0528. The van der Waals surface area contributed by atoms with E-state index in [1.165, 1.54) is 29.3 Å². The molecule has 154 valence electrons. The number of hydrogen-bond acceptors (Lipinski definition) is 2. The Bertz CT molecular complexity index is 901. The number of piperidine rings is 1. The quantitative estimate of drug-likeness (QED) is 0.734. The van der Waals surface area contributed by atoms with Gasteiger partial charge in [-0.05, 0) is 48.4 Å². The standard InChI is InChI=1S/C23H24F3NO2/c1-16-14-17-6-2-3-7-18(17)22(16)10-12-27(13-11-22)21(28)15-29-20-9-5-4-8-19(20)23(24,25)26/h2-9,16H,10-15H2,1H3. The van der Waals surface area contributed by atoms with Crippen LogP contribution in [0.3, 0.4) is 0 Å². The molecule has 1 spiro atoms. The van der Waals surface area contributed by atoms with Crippen molar-refractivity contribution in [3.8, 4) is 5.75 Å². The summed E-state index contributed by atoms with van der Waals surface area (Å²) in [5.41, 5.74) is 2.03. The van der Waals surface area contributed by atoms with Gasteiger partial charge in [0.25, 0.3) is 5.91 Å². The van der Waals surface area contributed by atoms with Crippen LogP contribution in [0.2, 0.25) is 0 Å². The molecule has 2 aromatic rings. The lowest BCUT2D eigenvalue weighted by Gasteiger charge is -2.43. The van der Waals surface area contributed by atoms with Crippen LogP contribution in [0.15, 0.2) is 48.5 Å². The van der Waals surface area contributed by atoms with Gasteiger partial charge < -0.3 is 9.64 Å². The summed E-state index contributed by atoms with van der Waals surface area (Å²) < 4.78 is 44.5. The van der Waals surface area contributed by atoms with E-state index in [9.17, 15) is 18.0 Å². The third kappa shape index (κ3) is 3.61. The van der Waals surface area contributed by atoms with Crippen LogP contribution in [0.4, 0.5) is 13.2 Å². The maximum atomic E-state index is 13.1. The van der Waals surface area contributed by atoms with E-state index in [0.717, 1.165) is 25.3 Å². The van der Waals surface area contributed by atoms with E-state index in [-0.39, 0.29) is 23.7 Å². The van der Waals surface area contributed by atoms with Crippen molar-refractivity contribution in [1.29, 1.82) is 0 Å².